The van der Waals surface area contributed by atoms with Crippen LogP contribution in [0, 0.1) is 0 Å². The zero-order valence-corrected chi connectivity index (χ0v) is 32.2. The molecule has 1 spiro atoms. The topological polar surface area (TPSA) is 25.8 Å². The minimum atomic E-state index is -0.512. The Labute approximate surface area is 341 Å². The fourth-order valence-corrected chi connectivity index (χ4v) is 10.9. The molecule has 10 aromatic rings. The molecule has 0 bridgehead atoms. The fraction of sp³-hybridized carbons (Fsp3) is 0.0182. The van der Waals surface area contributed by atoms with E-state index in [-0.39, 0.29) is 0 Å². The molecule has 1 aromatic heterocycles. The van der Waals surface area contributed by atoms with Crippen LogP contribution in [0.3, 0.4) is 0 Å². The van der Waals surface area contributed by atoms with Crippen LogP contribution >= 0.6 is 11.8 Å². The molecule has 0 radical (unpaired) electrons. The largest absolute Gasteiger partial charge is 0.228 e. The van der Waals surface area contributed by atoms with Crippen molar-refractivity contribution in [2.24, 2.45) is 0 Å². The van der Waals surface area contributed by atoms with Gasteiger partial charge >= 0.3 is 0 Å². The summed E-state index contributed by atoms with van der Waals surface area (Å²) >= 11 is 1.87. The highest BCUT2D eigenvalue weighted by molar-refractivity contribution is 8.00. The number of aromatic nitrogens is 2. The predicted octanol–water partition coefficient (Wildman–Crippen LogP) is 14.3. The standard InChI is InChI=1S/C55H34N2S/c1-2-15-38(16-3-1)50-34-51(39-28-25-36(26-29-39)41-30-27-35-13-4-5-17-40(35)33-41)57-54(56-50)45-21-12-24-48-53(45)58-52-42-18-7-6-14-37(42)31-32-49(52)55(48)46-22-10-8-19-43(46)44-20-9-11-23-47(44)55/h1-34H. The van der Waals surface area contributed by atoms with Crippen LogP contribution in [0.15, 0.2) is 216 Å². The van der Waals surface area contributed by atoms with Gasteiger partial charge in [-0.2, -0.15) is 0 Å². The molecule has 0 atom stereocenters. The molecule has 2 nitrogen and oxygen atoms in total. The zero-order valence-electron chi connectivity index (χ0n) is 31.4. The van der Waals surface area contributed by atoms with Crippen molar-refractivity contribution in [3.63, 3.8) is 0 Å². The number of nitrogens with zero attached hydrogens (tertiary/aromatic N) is 2. The minimum absolute atomic E-state index is 0.512. The van der Waals surface area contributed by atoms with Gasteiger partial charge in [0, 0.05) is 26.5 Å². The summed E-state index contributed by atoms with van der Waals surface area (Å²) < 4.78 is 0. The Morgan fingerprint density at radius 1 is 0.328 bits per heavy atom. The molecule has 2 heterocycles. The first kappa shape index (κ1) is 33.1. The lowest BCUT2D eigenvalue weighted by atomic mass is 9.66. The summed E-state index contributed by atoms with van der Waals surface area (Å²) in [4.78, 5) is 13.3. The molecule has 2 aliphatic rings. The summed E-state index contributed by atoms with van der Waals surface area (Å²) in [7, 11) is 0. The third-order valence-electron chi connectivity index (χ3n) is 12.2. The van der Waals surface area contributed by atoms with E-state index in [9.17, 15) is 0 Å². The second-order valence-corrected chi connectivity index (χ2v) is 16.3. The third-order valence-corrected chi connectivity index (χ3v) is 13.4. The number of rotatable bonds is 4. The average Bonchev–Trinajstić information content (AvgIpc) is 3.59. The van der Waals surface area contributed by atoms with E-state index in [0.717, 1.165) is 33.9 Å². The van der Waals surface area contributed by atoms with Crippen LogP contribution in [0.25, 0.3) is 77.7 Å². The summed E-state index contributed by atoms with van der Waals surface area (Å²) in [5.74, 6) is 0.720. The van der Waals surface area contributed by atoms with Crippen LogP contribution in [-0.4, -0.2) is 9.97 Å². The molecule has 9 aromatic carbocycles. The van der Waals surface area contributed by atoms with Crippen molar-refractivity contribution >= 4 is 33.3 Å². The molecular formula is C55H34N2S. The molecule has 12 rings (SSSR count). The number of fused-ring (bicyclic) bond motifs is 12. The van der Waals surface area contributed by atoms with Gasteiger partial charge in [0.15, 0.2) is 5.82 Å². The molecule has 0 N–H and O–H groups in total. The van der Waals surface area contributed by atoms with Crippen molar-refractivity contribution in [2.75, 3.05) is 0 Å². The molecule has 0 unspecified atom stereocenters. The summed E-state index contributed by atoms with van der Waals surface area (Å²) in [6.45, 7) is 0. The maximum atomic E-state index is 5.45. The van der Waals surface area contributed by atoms with Gasteiger partial charge in [-0.05, 0) is 78.2 Å². The maximum absolute atomic E-state index is 5.45. The maximum Gasteiger partial charge on any atom is 0.161 e. The van der Waals surface area contributed by atoms with Crippen molar-refractivity contribution in [1.29, 1.82) is 0 Å². The van der Waals surface area contributed by atoms with Gasteiger partial charge in [0.05, 0.1) is 16.8 Å². The van der Waals surface area contributed by atoms with E-state index in [4.69, 9.17) is 9.97 Å². The van der Waals surface area contributed by atoms with Crippen molar-refractivity contribution < 1.29 is 0 Å². The van der Waals surface area contributed by atoms with E-state index in [2.05, 4.69) is 206 Å². The molecule has 1 aliphatic heterocycles. The van der Waals surface area contributed by atoms with Crippen LogP contribution < -0.4 is 0 Å². The number of benzene rings is 9. The van der Waals surface area contributed by atoms with E-state index in [1.165, 1.54) is 75.8 Å². The minimum Gasteiger partial charge on any atom is -0.228 e. The molecular weight excluding hydrogens is 721 g/mol. The molecule has 58 heavy (non-hydrogen) atoms. The normalized spacial score (nSPS) is 13.2. The molecule has 0 saturated heterocycles. The first-order valence-corrected chi connectivity index (χ1v) is 20.6. The third kappa shape index (κ3) is 4.93. The zero-order chi connectivity index (χ0) is 38.2. The summed E-state index contributed by atoms with van der Waals surface area (Å²) in [5, 5.41) is 4.98. The molecule has 270 valence electrons. The van der Waals surface area contributed by atoms with E-state index < -0.39 is 5.41 Å². The lowest BCUT2D eigenvalue weighted by Crippen LogP contribution is -2.32. The molecule has 3 heteroatoms. The van der Waals surface area contributed by atoms with Crippen LogP contribution in [-0.2, 0) is 5.41 Å². The highest BCUT2D eigenvalue weighted by Gasteiger charge is 2.51. The lowest BCUT2D eigenvalue weighted by Gasteiger charge is -2.40. The molecule has 0 amide bonds. The van der Waals surface area contributed by atoms with E-state index in [1.807, 2.05) is 11.8 Å². The van der Waals surface area contributed by atoms with Gasteiger partial charge in [-0.25, -0.2) is 9.97 Å². The summed E-state index contributed by atoms with van der Waals surface area (Å²) in [5.41, 5.74) is 14.6. The first-order chi connectivity index (χ1) is 28.7. The number of hydrogen-bond acceptors (Lipinski definition) is 3. The molecule has 1 aliphatic carbocycles. The second kappa shape index (κ2) is 13.0. The van der Waals surface area contributed by atoms with Crippen molar-refractivity contribution in [1.82, 2.24) is 9.97 Å². The first-order valence-electron chi connectivity index (χ1n) is 19.8. The number of hydrogen-bond donors (Lipinski definition) is 0. The van der Waals surface area contributed by atoms with Crippen LogP contribution in [0.4, 0.5) is 0 Å². The highest BCUT2D eigenvalue weighted by atomic mass is 32.2. The highest BCUT2D eigenvalue weighted by Crippen LogP contribution is 2.64. The van der Waals surface area contributed by atoms with Gasteiger partial charge in [0.2, 0.25) is 0 Å². The van der Waals surface area contributed by atoms with Crippen LogP contribution in [0.1, 0.15) is 22.3 Å². The lowest BCUT2D eigenvalue weighted by molar-refractivity contribution is 0.726. The van der Waals surface area contributed by atoms with Gasteiger partial charge in [-0.1, -0.05) is 206 Å². The van der Waals surface area contributed by atoms with Crippen molar-refractivity contribution in [3.05, 3.63) is 229 Å². The van der Waals surface area contributed by atoms with E-state index >= 15 is 0 Å². The molecule has 0 saturated carbocycles. The van der Waals surface area contributed by atoms with Gasteiger partial charge in [-0.3, -0.25) is 0 Å². The van der Waals surface area contributed by atoms with E-state index in [0.29, 0.717) is 0 Å². The van der Waals surface area contributed by atoms with Gasteiger partial charge in [-0.15, -0.1) is 0 Å². The van der Waals surface area contributed by atoms with Gasteiger partial charge < -0.3 is 0 Å². The molecule has 0 fully saturated rings. The van der Waals surface area contributed by atoms with Crippen LogP contribution in [0.2, 0.25) is 0 Å². The Balaban J connectivity index is 1.08. The van der Waals surface area contributed by atoms with Crippen molar-refractivity contribution in [2.45, 2.75) is 15.2 Å². The Hall–Kier alpha value is -7.07. The van der Waals surface area contributed by atoms with Crippen molar-refractivity contribution in [3.8, 4) is 56.2 Å². The average molecular weight is 755 g/mol. The predicted molar refractivity (Wildman–Crippen MR) is 240 cm³/mol. The Morgan fingerprint density at radius 2 is 0.862 bits per heavy atom. The Bertz CT molecular complexity index is 3210. The van der Waals surface area contributed by atoms with Gasteiger partial charge in [0.1, 0.15) is 0 Å². The summed E-state index contributed by atoms with van der Waals surface area (Å²) in [6, 6.07) is 74.9. The smallest absolute Gasteiger partial charge is 0.161 e. The SMILES string of the molecule is c1ccc(-c2cc(-c3ccc(-c4ccc5ccccc5c4)cc3)nc(-c3cccc4c3Sc3c(ccc5ccccc35)C43c4ccccc4-c4ccccc43)n2)cc1. The summed E-state index contributed by atoms with van der Waals surface area (Å²) in [6.07, 6.45) is 0. The Kier molecular flexibility index (Phi) is 7.41. The van der Waals surface area contributed by atoms with Gasteiger partial charge in [0.25, 0.3) is 0 Å². The second-order valence-electron chi connectivity index (χ2n) is 15.3. The monoisotopic (exact) mass is 754 g/mol. The van der Waals surface area contributed by atoms with Crippen LogP contribution in [0.5, 0.6) is 0 Å². The van der Waals surface area contributed by atoms with E-state index in [1.54, 1.807) is 0 Å². The quantitative estimate of drug-likeness (QED) is 0.179. The fourth-order valence-electron chi connectivity index (χ4n) is 9.50. The Morgan fingerprint density at radius 3 is 1.62 bits per heavy atom.